The molecule has 0 aliphatic rings. The van der Waals surface area contributed by atoms with E-state index in [9.17, 15) is 4.79 Å². The Bertz CT molecular complexity index is 770. The Morgan fingerprint density at radius 1 is 0.808 bits per heavy atom. The van der Waals surface area contributed by atoms with Crippen LogP contribution in [0.3, 0.4) is 0 Å². The molecule has 134 valence electrons. The highest BCUT2D eigenvalue weighted by molar-refractivity contribution is 5.65. The lowest BCUT2D eigenvalue weighted by Gasteiger charge is -2.21. The van der Waals surface area contributed by atoms with Crippen molar-refractivity contribution in [3.8, 4) is 0 Å². The third-order valence-electron chi connectivity index (χ3n) is 4.01. The largest absolute Gasteiger partial charge is 0.461 e. The van der Waals surface area contributed by atoms with Gasteiger partial charge in [0.1, 0.15) is 18.1 Å². The Morgan fingerprint density at radius 2 is 1.35 bits per heavy atom. The van der Waals surface area contributed by atoms with Gasteiger partial charge in [0.25, 0.3) is 0 Å². The van der Waals surface area contributed by atoms with Crippen LogP contribution < -0.4 is 0 Å². The van der Waals surface area contributed by atoms with Crippen LogP contribution in [0.1, 0.15) is 29.6 Å². The number of ether oxygens (including phenoxy) is 1. The zero-order valence-corrected chi connectivity index (χ0v) is 14.9. The predicted molar refractivity (Wildman–Crippen MR) is 100 cm³/mol. The number of hydrogen-bond acceptors (Lipinski definition) is 4. The van der Waals surface area contributed by atoms with E-state index in [1.54, 1.807) is 0 Å². The molecule has 0 amide bonds. The smallest absolute Gasteiger partial charge is 0.303 e. The first-order chi connectivity index (χ1) is 12.7. The quantitative estimate of drug-likeness (QED) is 0.560. The molecule has 0 aliphatic carbocycles. The van der Waals surface area contributed by atoms with Crippen molar-refractivity contribution in [2.24, 2.45) is 0 Å². The maximum absolute atomic E-state index is 10.9. The van der Waals surface area contributed by atoms with E-state index in [-0.39, 0.29) is 12.6 Å². The number of hydrogen-bond donors (Lipinski definition) is 0. The molecule has 26 heavy (non-hydrogen) atoms. The molecule has 0 N–H and O–H groups in total. The van der Waals surface area contributed by atoms with Gasteiger partial charge in [-0.25, -0.2) is 0 Å². The highest BCUT2D eigenvalue weighted by Gasteiger charge is 2.12. The van der Waals surface area contributed by atoms with E-state index in [2.05, 4.69) is 53.4 Å². The highest BCUT2D eigenvalue weighted by Crippen LogP contribution is 2.16. The van der Waals surface area contributed by atoms with Crippen LogP contribution in [0.5, 0.6) is 0 Å². The fourth-order valence-corrected chi connectivity index (χ4v) is 2.83. The van der Waals surface area contributed by atoms with Crippen LogP contribution in [-0.2, 0) is 35.8 Å². The summed E-state index contributed by atoms with van der Waals surface area (Å²) in [6, 6.07) is 24.6. The maximum Gasteiger partial charge on any atom is 0.303 e. The molecule has 1 aromatic heterocycles. The maximum atomic E-state index is 10.9. The first-order valence-corrected chi connectivity index (χ1v) is 8.70. The van der Waals surface area contributed by atoms with Gasteiger partial charge in [0.05, 0.1) is 6.54 Å². The summed E-state index contributed by atoms with van der Waals surface area (Å²) in [4.78, 5) is 13.3. The molecule has 3 rings (SSSR count). The minimum Gasteiger partial charge on any atom is -0.461 e. The topological polar surface area (TPSA) is 42.7 Å². The van der Waals surface area contributed by atoms with Gasteiger partial charge in [-0.15, -0.1) is 0 Å². The van der Waals surface area contributed by atoms with Gasteiger partial charge in [0, 0.05) is 20.0 Å². The molecule has 0 fully saturated rings. The lowest BCUT2D eigenvalue weighted by atomic mass is 10.1. The Balaban J connectivity index is 1.69. The zero-order valence-electron chi connectivity index (χ0n) is 14.9. The van der Waals surface area contributed by atoms with Crippen LogP contribution in [0.15, 0.2) is 77.2 Å². The van der Waals surface area contributed by atoms with Crippen molar-refractivity contribution in [2.75, 3.05) is 0 Å². The standard InChI is InChI=1S/C22H23NO3/c1-18(24)25-17-22-13-12-21(26-22)16-23(14-19-8-4-2-5-9-19)15-20-10-6-3-7-11-20/h2-13H,14-17H2,1H3. The Labute approximate surface area is 154 Å². The molecular formula is C22H23NO3. The predicted octanol–water partition coefficient (Wildman–Crippen LogP) is 4.55. The lowest BCUT2D eigenvalue weighted by molar-refractivity contribution is -0.142. The zero-order chi connectivity index (χ0) is 18.2. The first kappa shape index (κ1) is 18.0. The van der Waals surface area contributed by atoms with E-state index >= 15 is 0 Å². The third kappa shape index (κ3) is 5.60. The highest BCUT2D eigenvalue weighted by atomic mass is 16.5. The Kier molecular flexibility index (Phi) is 6.23. The van der Waals surface area contributed by atoms with E-state index in [0.717, 1.165) is 18.8 Å². The van der Waals surface area contributed by atoms with Crippen molar-refractivity contribution >= 4 is 5.97 Å². The number of esters is 1. The monoisotopic (exact) mass is 349 g/mol. The molecule has 0 unspecified atom stereocenters. The van der Waals surface area contributed by atoms with Gasteiger partial charge >= 0.3 is 5.97 Å². The van der Waals surface area contributed by atoms with Gasteiger partial charge in [0.15, 0.2) is 0 Å². The number of benzene rings is 2. The molecule has 0 saturated heterocycles. The van der Waals surface area contributed by atoms with E-state index in [0.29, 0.717) is 12.3 Å². The van der Waals surface area contributed by atoms with E-state index in [4.69, 9.17) is 9.15 Å². The minimum atomic E-state index is -0.308. The number of nitrogens with zero attached hydrogens (tertiary/aromatic N) is 1. The molecule has 0 bridgehead atoms. The molecule has 4 heteroatoms. The van der Waals surface area contributed by atoms with Gasteiger partial charge < -0.3 is 9.15 Å². The van der Waals surface area contributed by atoms with Crippen molar-refractivity contribution < 1.29 is 13.9 Å². The second-order valence-corrected chi connectivity index (χ2v) is 6.26. The van der Waals surface area contributed by atoms with Crippen molar-refractivity contribution in [1.29, 1.82) is 0 Å². The van der Waals surface area contributed by atoms with Crippen LogP contribution in [0.4, 0.5) is 0 Å². The molecular weight excluding hydrogens is 326 g/mol. The van der Waals surface area contributed by atoms with Crippen LogP contribution in [0.2, 0.25) is 0 Å². The van der Waals surface area contributed by atoms with Gasteiger partial charge in [-0.1, -0.05) is 60.7 Å². The van der Waals surface area contributed by atoms with Crippen LogP contribution in [0, 0.1) is 0 Å². The summed E-state index contributed by atoms with van der Waals surface area (Å²) in [6.45, 7) is 3.91. The Hall–Kier alpha value is -2.85. The van der Waals surface area contributed by atoms with Gasteiger partial charge in [-0.05, 0) is 23.3 Å². The third-order valence-corrected chi connectivity index (χ3v) is 4.01. The number of rotatable bonds is 8. The number of carbonyl (C=O) groups excluding carboxylic acids is 1. The average Bonchev–Trinajstić information content (AvgIpc) is 3.09. The molecule has 0 saturated carbocycles. The molecule has 1 heterocycles. The van der Waals surface area contributed by atoms with Crippen molar-refractivity contribution in [3.63, 3.8) is 0 Å². The van der Waals surface area contributed by atoms with Crippen LogP contribution >= 0.6 is 0 Å². The second kappa shape index (κ2) is 9.02. The molecule has 0 spiro atoms. The summed E-state index contributed by atoms with van der Waals surface area (Å²) in [5, 5.41) is 0. The van der Waals surface area contributed by atoms with E-state index in [1.807, 2.05) is 24.3 Å². The molecule has 2 aromatic carbocycles. The number of carbonyl (C=O) groups is 1. The normalized spacial score (nSPS) is 10.8. The SMILES string of the molecule is CC(=O)OCc1ccc(CN(Cc2ccccc2)Cc2ccccc2)o1. The summed E-state index contributed by atoms with van der Waals surface area (Å²) >= 11 is 0. The summed E-state index contributed by atoms with van der Waals surface area (Å²) in [5.74, 6) is 1.21. The van der Waals surface area contributed by atoms with Crippen molar-refractivity contribution in [3.05, 3.63) is 95.4 Å². The Morgan fingerprint density at radius 3 is 1.88 bits per heavy atom. The summed E-state index contributed by atoms with van der Waals surface area (Å²) < 4.78 is 10.8. The molecule has 3 aromatic rings. The minimum absolute atomic E-state index is 0.173. The molecule has 0 aliphatic heterocycles. The van der Waals surface area contributed by atoms with Crippen LogP contribution in [-0.4, -0.2) is 10.9 Å². The molecule has 4 nitrogen and oxygen atoms in total. The fourth-order valence-electron chi connectivity index (χ4n) is 2.83. The van der Waals surface area contributed by atoms with E-state index < -0.39 is 0 Å². The average molecular weight is 349 g/mol. The van der Waals surface area contributed by atoms with Gasteiger partial charge in [0.2, 0.25) is 0 Å². The van der Waals surface area contributed by atoms with Gasteiger partial charge in [-0.2, -0.15) is 0 Å². The lowest BCUT2D eigenvalue weighted by Crippen LogP contribution is -2.22. The first-order valence-electron chi connectivity index (χ1n) is 8.70. The van der Waals surface area contributed by atoms with Gasteiger partial charge in [-0.3, -0.25) is 9.69 Å². The second-order valence-electron chi connectivity index (χ2n) is 6.26. The van der Waals surface area contributed by atoms with Crippen LogP contribution in [0.25, 0.3) is 0 Å². The summed E-state index contributed by atoms with van der Waals surface area (Å²) in [5.41, 5.74) is 2.52. The molecule has 0 radical (unpaired) electrons. The number of furan rings is 1. The summed E-state index contributed by atoms with van der Waals surface area (Å²) in [6.07, 6.45) is 0. The molecule has 0 atom stereocenters. The van der Waals surface area contributed by atoms with Crippen molar-refractivity contribution in [1.82, 2.24) is 4.90 Å². The van der Waals surface area contributed by atoms with E-state index in [1.165, 1.54) is 18.1 Å². The fraction of sp³-hybridized carbons (Fsp3) is 0.227. The van der Waals surface area contributed by atoms with Crippen molar-refractivity contribution in [2.45, 2.75) is 33.2 Å². The summed E-state index contributed by atoms with van der Waals surface area (Å²) in [7, 11) is 0.